The van der Waals surface area contributed by atoms with E-state index in [1.807, 2.05) is 36.1 Å². The molecule has 0 saturated carbocycles. The summed E-state index contributed by atoms with van der Waals surface area (Å²) in [6.45, 7) is 8.36. The summed E-state index contributed by atoms with van der Waals surface area (Å²) in [4.78, 5) is 19.4. The van der Waals surface area contributed by atoms with E-state index in [-0.39, 0.29) is 5.91 Å². The van der Waals surface area contributed by atoms with Crippen LogP contribution in [-0.2, 0) is 11.3 Å². The zero-order chi connectivity index (χ0) is 19.9. The van der Waals surface area contributed by atoms with Crippen LogP contribution in [0.5, 0.6) is 0 Å². The summed E-state index contributed by atoms with van der Waals surface area (Å²) in [5, 5.41) is 0. The highest BCUT2D eigenvalue weighted by atomic mass is 16.2. The highest BCUT2D eigenvalue weighted by Gasteiger charge is 2.26. The Kier molecular flexibility index (Phi) is 7.20. The fraction of sp³-hybridized carbons (Fsp3) is 0.435. The number of amides is 1. The molecule has 2 aromatic carbocycles. The van der Waals surface area contributed by atoms with Gasteiger partial charge in [0.2, 0.25) is 5.91 Å². The van der Waals surface area contributed by atoms with E-state index in [4.69, 9.17) is 5.73 Å². The van der Waals surface area contributed by atoms with E-state index in [1.165, 1.54) is 11.1 Å². The average molecular weight is 381 g/mol. The number of aryl methyl sites for hydroxylation is 1. The largest absolute Gasteiger partial charge is 0.338 e. The van der Waals surface area contributed by atoms with Crippen LogP contribution < -0.4 is 5.73 Å². The van der Waals surface area contributed by atoms with Crippen molar-refractivity contribution >= 4 is 5.91 Å². The second-order valence-corrected chi connectivity index (χ2v) is 7.78. The van der Waals surface area contributed by atoms with Crippen LogP contribution in [-0.4, -0.2) is 66.9 Å². The topological polar surface area (TPSA) is 52.8 Å². The number of nitrogens with zero attached hydrogens (tertiary/aromatic N) is 3. The van der Waals surface area contributed by atoms with Gasteiger partial charge in [-0.05, 0) is 25.1 Å². The predicted molar refractivity (Wildman–Crippen MR) is 114 cm³/mol. The molecule has 2 N–H and O–H groups in total. The molecule has 1 aliphatic rings. The minimum Gasteiger partial charge on any atom is -0.338 e. The lowest BCUT2D eigenvalue weighted by Gasteiger charge is -2.36. The van der Waals surface area contributed by atoms with Crippen molar-refractivity contribution in [3.05, 3.63) is 71.3 Å². The van der Waals surface area contributed by atoms with Gasteiger partial charge in [-0.3, -0.25) is 9.69 Å². The van der Waals surface area contributed by atoms with Crippen LogP contribution in [0.15, 0.2) is 54.6 Å². The second kappa shape index (κ2) is 9.82. The number of rotatable bonds is 7. The van der Waals surface area contributed by atoms with Crippen LogP contribution in [0.2, 0.25) is 0 Å². The molecule has 0 aliphatic carbocycles. The van der Waals surface area contributed by atoms with E-state index in [0.29, 0.717) is 0 Å². The Morgan fingerprint density at radius 1 is 1.04 bits per heavy atom. The van der Waals surface area contributed by atoms with Gasteiger partial charge in [0.1, 0.15) is 6.04 Å². The minimum atomic E-state index is -0.566. The second-order valence-electron chi connectivity index (χ2n) is 7.78. The van der Waals surface area contributed by atoms with Crippen LogP contribution in [0.25, 0.3) is 0 Å². The van der Waals surface area contributed by atoms with Crippen molar-refractivity contribution in [1.29, 1.82) is 0 Å². The van der Waals surface area contributed by atoms with Crippen molar-refractivity contribution < 1.29 is 4.79 Å². The fourth-order valence-electron chi connectivity index (χ4n) is 3.59. The van der Waals surface area contributed by atoms with E-state index in [2.05, 4.69) is 47.2 Å². The Balaban J connectivity index is 1.41. The molecule has 5 nitrogen and oxygen atoms in total. The summed E-state index contributed by atoms with van der Waals surface area (Å²) in [6, 6.07) is 17.9. The molecule has 0 aromatic heterocycles. The first-order chi connectivity index (χ1) is 13.5. The van der Waals surface area contributed by atoms with Crippen LogP contribution in [0.3, 0.4) is 0 Å². The molecule has 3 rings (SSSR count). The van der Waals surface area contributed by atoms with Crippen molar-refractivity contribution in [3.63, 3.8) is 0 Å². The molecule has 28 heavy (non-hydrogen) atoms. The van der Waals surface area contributed by atoms with Gasteiger partial charge >= 0.3 is 0 Å². The van der Waals surface area contributed by atoms with Crippen molar-refractivity contribution in [3.8, 4) is 0 Å². The van der Waals surface area contributed by atoms with E-state index >= 15 is 0 Å². The summed E-state index contributed by atoms with van der Waals surface area (Å²) in [7, 11) is 2.16. The van der Waals surface area contributed by atoms with E-state index < -0.39 is 6.04 Å². The van der Waals surface area contributed by atoms with Gasteiger partial charge in [0, 0.05) is 45.8 Å². The zero-order valence-corrected chi connectivity index (χ0v) is 17.1. The maximum Gasteiger partial charge on any atom is 0.244 e. The number of carbonyl (C=O) groups is 1. The fourth-order valence-corrected chi connectivity index (χ4v) is 3.59. The maximum atomic E-state index is 12.7. The molecule has 5 heteroatoms. The lowest BCUT2D eigenvalue weighted by molar-refractivity contribution is -0.134. The molecule has 1 atom stereocenters. The number of piperazine rings is 1. The van der Waals surface area contributed by atoms with Crippen LogP contribution in [0, 0.1) is 6.92 Å². The van der Waals surface area contributed by atoms with Gasteiger partial charge in [0.25, 0.3) is 0 Å². The highest BCUT2D eigenvalue weighted by molar-refractivity contribution is 5.83. The molecule has 1 amide bonds. The zero-order valence-electron chi connectivity index (χ0n) is 17.1. The molecule has 0 radical (unpaired) electrons. The van der Waals surface area contributed by atoms with Crippen molar-refractivity contribution in [2.75, 3.05) is 46.3 Å². The summed E-state index contributed by atoms with van der Waals surface area (Å²) in [6.07, 6.45) is 0. The molecule has 1 heterocycles. The van der Waals surface area contributed by atoms with Crippen LogP contribution >= 0.6 is 0 Å². The molecule has 1 fully saturated rings. The van der Waals surface area contributed by atoms with E-state index in [1.54, 1.807) is 0 Å². The molecule has 1 aliphatic heterocycles. The van der Waals surface area contributed by atoms with Gasteiger partial charge < -0.3 is 15.5 Å². The summed E-state index contributed by atoms with van der Waals surface area (Å²) in [5.41, 5.74) is 9.62. The highest BCUT2D eigenvalue weighted by Crippen LogP contribution is 2.15. The van der Waals surface area contributed by atoms with E-state index in [9.17, 15) is 4.79 Å². The lowest BCUT2D eigenvalue weighted by atomic mass is 10.0. The van der Waals surface area contributed by atoms with Crippen molar-refractivity contribution in [2.24, 2.45) is 5.73 Å². The molecule has 0 spiro atoms. The monoisotopic (exact) mass is 380 g/mol. The van der Waals surface area contributed by atoms with Gasteiger partial charge in [-0.15, -0.1) is 0 Å². The Labute approximate surface area is 168 Å². The first kappa shape index (κ1) is 20.5. The van der Waals surface area contributed by atoms with Gasteiger partial charge in [-0.1, -0.05) is 60.2 Å². The SMILES string of the molecule is Cc1ccc(C(N)C(=O)N2CCN(CCN(C)Cc3ccccc3)CC2)cc1. The first-order valence-corrected chi connectivity index (χ1v) is 10.1. The molecule has 1 unspecified atom stereocenters. The quantitative estimate of drug-likeness (QED) is 0.801. The summed E-state index contributed by atoms with van der Waals surface area (Å²) >= 11 is 0. The van der Waals surface area contributed by atoms with Gasteiger partial charge in [0.15, 0.2) is 0 Å². The maximum absolute atomic E-state index is 12.7. The lowest BCUT2D eigenvalue weighted by Crippen LogP contribution is -2.52. The predicted octanol–water partition coefficient (Wildman–Crippen LogP) is 2.27. The van der Waals surface area contributed by atoms with Crippen LogP contribution in [0.4, 0.5) is 0 Å². The number of carbonyl (C=O) groups excluding carboxylic acids is 1. The van der Waals surface area contributed by atoms with Gasteiger partial charge in [0.05, 0.1) is 0 Å². The third-order valence-electron chi connectivity index (χ3n) is 5.48. The first-order valence-electron chi connectivity index (χ1n) is 10.1. The minimum absolute atomic E-state index is 0.0321. The number of hydrogen-bond donors (Lipinski definition) is 1. The Morgan fingerprint density at radius 3 is 2.32 bits per heavy atom. The number of nitrogens with two attached hydrogens (primary N) is 1. The number of likely N-dealkylation sites (N-methyl/N-ethyl adjacent to an activating group) is 1. The summed E-state index contributed by atoms with van der Waals surface area (Å²) < 4.78 is 0. The molecular formula is C23H32N4O. The molecule has 1 saturated heterocycles. The smallest absolute Gasteiger partial charge is 0.244 e. The van der Waals surface area contributed by atoms with E-state index in [0.717, 1.165) is 51.4 Å². The number of hydrogen-bond acceptors (Lipinski definition) is 4. The standard InChI is InChI=1S/C23H32N4O/c1-19-8-10-21(11-9-19)22(24)23(28)27-16-14-26(15-17-27)13-12-25(2)18-20-6-4-3-5-7-20/h3-11,22H,12-18,24H2,1-2H3. The third kappa shape index (κ3) is 5.64. The van der Waals surface area contributed by atoms with Gasteiger partial charge in [-0.2, -0.15) is 0 Å². The van der Waals surface area contributed by atoms with Crippen molar-refractivity contribution in [2.45, 2.75) is 19.5 Å². The Bertz CT molecular complexity index is 739. The van der Waals surface area contributed by atoms with Crippen LogP contribution in [0.1, 0.15) is 22.7 Å². The Morgan fingerprint density at radius 2 is 1.68 bits per heavy atom. The average Bonchev–Trinajstić information content (AvgIpc) is 2.73. The normalized spacial score (nSPS) is 16.4. The Hall–Kier alpha value is -2.21. The molecular weight excluding hydrogens is 348 g/mol. The van der Waals surface area contributed by atoms with Gasteiger partial charge in [-0.25, -0.2) is 0 Å². The molecule has 0 bridgehead atoms. The molecule has 2 aromatic rings. The third-order valence-corrected chi connectivity index (χ3v) is 5.48. The van der Waals surface area contributed by atoms with Crippen molar-refractivity contribution in [1.82, 2.24) is 14.7 Å². The number of benzene rings is 2. The summed E-state index contributed by atoms with van der Waals surface area (Å²) in [5.74, 6) is 0.0321. The molecule has 150 valence electrons.